The van der Waals surface area contributed by atoms with E-state index in [-0.39, 0.29) is 47.1 Å². The number of ether oxygens (including phenoxy) is 1. The van der Waals surface area contributed by atoms with Crippen LogP contribution in [0.2, 0.25) is 0 Å². The van der Waals surface area contributed by atoms with Gasteiger partial charge >= 0.3 is 6.09 Å². The summed E-state index contributed by atoms with van der Waals surface area (Å²) in [5.74, 6) is -1.70. The van der Waals surface area contributed by atoms with Crippen molar-refractivity contribution in [3.05, 3.63) is 47.9 Å². The zero-order chi connectivity index (χ0) is 24.1. The monoisotopic (exact) mass is 495 g/mol. The first-order chi connectivity index (χ1) is 16.1. The third-order valence-corrected chi connectivity index (χ3v) is 8.72. The molecule has 9 nitrogen and oxygen atoms in total. The molecule has 1 N–H and O–H groups in total. The topological polar surface area (TPSA) is 109 Å². The van der Waals surface area contributed by atoms with E-state index in [0.717, 1.165) is 17.0 Å². The van der Waals surface area contributed by atoms with Gasteiger partial charge in [0.15, 0.2) is 27.2 Å². The average Bonchev–Trinajstić information content (AvgIpc) is 3.41. The van der Waals surface area contributed by atoms with Gasteiger partial charge < -0.3 is 19.4 Å². The molecule has 182 valence electrons. The van der Waals surface area contributed by atoms with Crippen LogP contribution >= 0.6 is 0 Å². The molecule has 3 aliphatic heterocycles. The maximum atomic E-state index is 15.0. The van der Waals surface area contributed by atoms with Gasteiger partial charge in [-0.25, -0.2) is 22.0 Å². The number of hydrogen-bond donors (Lipinski definition) is 1. The summed E-state index contributed by atoms with van der Waals surface area (Å²) in [4.78, 5) is 27.0. The van der Waals surface area contributed by atoms with Crippen molar-refractivity contribution in [2.45, 2.75) is 18.9 Å². The molecule has 5 rings (SSSR count). The molecule has 1 unspecified atom stereocenters. The van der Waals surface area contributed by atoms with Crippen LogP contribution in [0.1, 0.15) is 23.4 Å². The molecule has 12 heteroatoms. The lowest BCUT2D eigenvalue weighted by atomic mass is 9.81. The predicted molar refractivity (Wildman–Crippen MR) is 118 cm³/mol. The van der Waals surface area contributed by atoms with E-state index in [9.17, 15) is 26.8 Å². The number of nitrogens with zero attached hydrogens (tertiary/aromatic N) is 2. The number of benzene rings is 1. The van der Waals surface area contributed by atoms with Crippen LogP contribution in [0.5, 0.6) is 0 Å². The van der Waals surface area contributed by atoms with E-state index in [1.54, 1.807) is 11.0 Å². The second kappa shape index (κ2) is 8.26. The van der Waals surface area contributed by atoms with Crippen LogP contribution in [0, 0.1) is 17.0 Å². The van der Waals surface area contributed by atoms with Gasteiger partial charge in [0.1, 0.15) is 11.8 Å². The summed E-state index contributed by atoms with van der Waals surface area (Å²) in [6, 6.07) is 5.23. The highest BCUT2D eigenvalue weighted by Gasteiger charge is 2.50. The van der Waals surface area contributed by atoms with E-state index in [1.807, 2.05) is 0 Å². The number of furan rings is 1. The molecule has 2 aromatic rings. The predicted octanol–water partition coefficient (Wildman–Crippen LogP) is 2.33. The lowest BCUT2D eigenvalue weighted by molar-refractivity contribution is 0.0889. The summed E-state index contributed by atoms with van der Waals surface area (Å²) in [6.07, 6.45) is 0.996. The highest BCUT2D eigenvalue weighted by Crippen LogP contribution is 2.44. The zero-order valence-electron chi connectivity index (χ0n) is 18.1. The smallest absolute Gasteiger partial charge is 0.414 e. The summed E-state index contributed by atoms with van der Waals surface area (Å²) in [7, 11) is -2.98. The molecule has 3 aliphatic rings. The first kappa shape index (κ1) is 22.6. The molecule has 0 bridgehead atoms. The zero-order valence-corrected chi connectivity index (χ0v) is 18.9. The number of amides is 2. The normalized spacial score (nSPS) is 23.0. The lowest BCUT2D eigenvalue weighted by Gasteiger charge is -2.47. The van der Waals surface area contributed by atoms with E-state index in [1.165, 1.54) is 12.3 Å². The fourth-order valence-corrected chi connectivity index (χ4v) is 7.29. The SMILES string of the molecule is O=C(NCC1CN(c2cc(F)c(N3CCC4(CC3)CS(=O)(=O)C4)c(F)c2)C(=O)O1)c1ccco1. The second-order valence-electron chi connectivity index (χ2n) is 9.08. The van der Waals surface area contributed by atoms with Crippen LogP contribution in [-0.4, -0.2) is 64.2 Å². The first-order valence-electron chi connectivity index (χ1n) is 10.9. The molecule has 1 aromatic heterocycles. The minimum absolute atomic E-state index is 0.00999. The quantitative estimate of drug-likeness (QED) is 0.678. The van der Waals surface area contributed by atoms with E-state index >= 15 is 0 Å². The molecule has 3 fully saturated rings. The number of nitrogens with one attached hydrogen (secondary N) is 1. The third kappa shape index (κ3) is 4.22. The molecule has 1 atom stereocenters. The standard InChI is InChI=1S/C22H23F2N3O6S/c23-16-8-14(27-11-15(33-21(27)29)10-25-20(28)18-2-1-7-32-18)9-17(24)19(16)26-5-3-22(4-6-26)12-34(30,31)13-22/h1-2,7-9,15H,3-6,10-13H2,(H,25,28). The number of hydrogen-bond acceptors (Lipinski definition) is 7. The van der Waals surface area contributed by atoms with Crippen LogP contribution in [0.15, 0.2) is 34.9 Å². The number of anilines is 2. The van der Waals surface area contributed by atoms with Gasteiger partial charge in [-0.3, -0.25) is 9.69 Å². The van der Waals surface area contributed by atoms with Crippen molar-refractivity contribution in [1.82, 2.24) is 5.32 Å². The Kier molecular flexibility index (Phi) is 5.50. The summed E-state index contributed by atoms with van der Waals surface area (Å²) >= 11 is 0. The van der Waals surface area contributed by atoms with Gasteiger partial charge in [-0.05, 0) is 25.0 Å². The maximum Gasteiger partial charge on any atom is 0.414 e. The Morgan fingerprint density at radius 1 is 1.18 bits per heavy atom. The number of rotatable bonds is 5. The van der Waals surface area contributed by atoms with Gasteiger partial charge in [0, 0.05) is 30.6 Å². The van der Waals surface area contributed by atoms with Crippen molar-refractivity contribution in [3.8, 4) is 0 Å². The highest BCUT2D eigenvalue weighted by molar-refractivity contribution is 7.92. The van der Waals surface area contributed by atoms with Crippen molar-refractivity contribution in [2.24, 2.45) is 5.41 Å². The summed E-state index contributed by atoms with van der Waals surface area (Å²) in [6.45, 7) is 0.726. The Labute approximate surface area is 194 Å². The van der Waals surface area contributed by atoms with Crippen molar-refractivity contribution in [3.63, 3.8) is 0 Å². The molecule has 3 saturated heterocycles. The Morgan fingerprint density at radius 3 is 2.44 bits per heavy atom. The number of carbonyl (C=O) groups is 2. The molecule has 1 spiro atoms. The van der Waals surface area contributed by atoms with Gasteiger partial charge in [0.2, 0.25) is 0 Å². The van der Waals surface area contributed by atoms with Gasteiger partial charge in [0.25, 0.3) is 5.91 Å². The number of carbonyl (C=O) groups excluding carboxylic acids is 2. The largest absolute Gasteiger partial charge is 0.459 e. The summed E-state index contributed by atoms with van der Waals surface area (Å²) in [5, 5.41) is 2.59. The van der Waals surface area contributed by atoms with Gasteiger partial charge in [-0.1, -0.05) is 0 Å². The minimum Gasteiger partial charge on any atom is -0.459 e. The molecular formula is C22H23F2N3O6S. The highest BCUT2D eigenvalue weighted by atomic mass is 32.2. The number of sulfone groups is 1. The van der Waals surface area contributed by atoms with Gasteiger partial charge in [-0.15, -0.1) is 0 Å². The van der Waals surface area contributed by atoms with Crippen molar-refractivity contribution in [2.75, 3.05) is 47.5 Å². The third-order valence-electron chi connectivity index (χ3n) is 6.62. The second-order valence-corrected chi connectivity index (χ2v) is 11.1. The molecule has 4 heterocycles. The van der Waals surface area contributed by atoms with E-state index in [4.69, 9.17) is 9.15 Å². The Morgan fingerprint density at radius 2 is 1.85 bits per heavy atom. The van der Waals surface area contributed by atoms with Crippen LogP contribution in [0.3, 0.4) is 0 Å². The van der Waals surface area contributed by atoms with Gasteiger partial charge in [0.05, 0.1) is 36.5 Å². The Hall–Kier alpha value is -3.15. The maximum absolute atomic E-state index is 15.0. The number of piperidine rings is 1. The van der Waals surface area contributed by atoms with Crippen molar-refractivity contribution >= 4 is 33.2 Å². The number of halogens is 2. The van der Waals surface area contributed by atoms with Crippen LogP contribution in [0.25, 0.3) is 0 Å². The molecular weight excluding hydrogens is 472 g/mol. The number of cyclic esters (lactones) is 1. The van der Waals surface area contributed by atoms with Crippen LogP contribution in [-0.2, 0) is 14.6 Å². The molecule has 1 aromatic carbocycles. The van der Waals surface area contributed by atoms with Crippen molar-refractivity contribution < 1.29 is 35.9 Å². The van der Waals surface area contributed by atoms with Gasteiger partial charge in [-0.2, -0.15) is 0 Å². The molecule has 2 amide bonds. The summed E-state index contributed by atoms with van der Waals surface area (Å²) < 4.78 is 63.3. The Balaban J connectivity index is 1.23. The summed E-state index contributed by atoms with van der Waals surface area (Å²) in [5.41, 5.74) is -0.444. The Bertz CT molecular complexity index is 1190. The van der Waals surface area contributed by atoms with E-state index < -0.39 is 39.6 Å². The molecule has 34 heavy (non-hydrogen) atoms. The minimum atomic E-state index is -2.98. The molecule has 0 radical (unpaired) electrons. The van der Waals surface area contributed by atoms with Crippen LogP contribution < -0.4 is 15.1 Å². The van der Waals surface area contributed by atoms with Crippen LogP contribution in [0.4, 0.5) is 25.0 Å². The average molecular weight is 496 g/mol. The fourth-order valence-electron chi connectivity index (χ4n) is 4.93. The molecule has 0 aliphatic carbocycles. The molecule has 0 saturated carbocycles. The lowest BCUT2D eigenvalue weighted by Crippen LogP contribution is -2.54. The first-order valence-corrected chi connectivity index (χ1v) is 12.7. The van der Waals surface area contributed by atoms with E-state index in [0.29, 0.717) is 25.9 Å². The van der Waals surface area contributed by atoms with E-state index in [2.05, 4.69) is 5.32 Å². The van der Waals surface area contributed by atoms with Crippen molar-refractivity contribution in [1.29, 1.82) is 0 Å². The fraction of sp³-hybridized carbons (Fsp3) is 0.455.